The molecule has 2 nitrogen and oxygen atoms in total. The maximum absolute atomic E-state index is 5.54. The molecular formula is C15H22BrNO. The van der Waals surface area contributed by atoms with E-state index >= 15 is 0 Å². The van der Waals surface area contributed by atoms with E-state index in [-0.39, 0.29) is 0 Å². The lowest BCUT2D eigenvalue weighted by Gasteiger charge is -2.26. The molecule has 0 aromatic heterocycles. The molecule has 2 rings (SSSR count). The molecule has 0 saturated heterocycles. The number of rotatable bonds is 5. The van der Waals surface area contributed by atoms with E-state index in [1.807, 2.05) is 0 Å². The van der Waals surface area contributed by atoms with E-state index in [0.717, 1.165) is 22.7 Å². The highest BCUT2D eigenvalue weighted by Gasteiger charge is 2.27. The van der Waals surface area contributed by atoms with E-state index in [1.54, 1.807) is 7.11 Å². The molecule has 1 unspecified atom stereocenters. The van der Waals surface area contributed by atoms with E-state index in [0.29, 0.717) is 6.04 Å². The predicted molar refractivity (Wildman–Crippen MR) is 79.1 cm³/mol. The van der Waals surface area contributed by atoms with Gasteiger partial charge in [0.2, 0.25) is 0 Å². The minimum atomic E-state index is 0.431. The van der Waals surface area contributed by atoms with Crippen LogP contribution in [0.3, 0.4) is 0 Å². The van der Waals surface area contributed by atoms with Gasteiger partial charge in [-0.1, -0.05) is 41.8 Å². The van der Waals surface area contributed by atoms with Crippen LogP contribution in [0.5, 0.6) is 5.75 Å². The van der Waals surface area contributed by atoms with Crippen molar-refractivity contribution in [2.75, 3.05) is 13.7 Å². The third kappa shape index (κ3) is 3.07. The summed E-state index contributed by atoms with van der Waals surface area (Å²) in [6.45, 7) is 3.17. The number of methoxy groups -OCH3 is 1. The van der Waals surface area contributed by atoms with E-state index in [4.69, 9.17) is 4.74 Å². The van der Waals surface area contributed by atoms with Crippen LogP contribution in [0.2, 0.25) is 0 Å². The first-order valence-corrected chi connectivity index (χ1v) is 7.62. The summed E-state index contributed by atoms with van der Waals surface area (Å²) in [6, 6.07) is 6.79. The average Bonchev–Trinajstić information content (AvgIpc) is 2.90. The fourth-order valence-electron chi connectivity index (χ4n) is 2.98. The molecule has 0 heterocycles. The van der Waals surface area contributed by atoms with E-state index in [1.165, 1.54) is 31.2 Å². The first kappa shape index (κ1) is 13.9. The van der Waals surface area contributed by atoms with Gasteiger partial charge in [0, 0.05) is 16.1 Å². The smallest absolute Gasteiger partial charge is 0.124 e. The highest BCUT2D eigenvalue weighted by molar-refractivity contribution is 9.10. The molecule has 100 valence electrons. The standard InChI is InChI=1S/C15H22BrNO/c1-3-17-15(11-6-4-5-7-11)13-9-8-12(16)10-14(13)18-2/h8-11,15,17H,3-7H2,1-2H3. The Morgan fingerprint density at radius 3 is 2.72 bits per heavy atom. The molecule has 1 aliphatic rings. The zero-order valence-corrected chi connectivity index (χ0v) is 12.8. The van der Waals surface area contributed by atoms with Crippen molar-refractivity contribution in [1.82, 2.24) is 5.32 Å². The van der Waals surface area contributed by atoms with Crippen LogP contribution in [0, 0.1) is 5.92 Å². The minimum Gasteiger partial charge on any atom is -0.496 e. The molecule has 0 radical (unpaired) electrons. The lowest BCUT2D eigenvalue weighted by molar-refractivity contribution is 0.349. The van der Waals surface area contributed by atoms with Crippen LogP contribution in [-0.4, -0.2) is 13.7 Å². The van der Waals surface area contributed by atoms with Crippen LogP contribution >= 0.6 is 15.9 Å². The summed E-state index contributed by atoms with van der Waals surface area (Å²) < 4.78 is 6.62. The lowest BCUT2D eigenvalue weighted by Crippen LogP contribution is -2.27. The van der Waals surface area contributed by atoms with Gasteiger partial charge in [0.25, 0.3) is 0 Å². The quantitative estimate of drug-likeness (QED) is 0.875. The van der Waals surface area contributed by atoms with Crippen molar-refractivity contribution in [2.45, 2.75) is 38.6 Å². The maximum atomic E-state index is 5.54. The molecule has 1 atom stereocenters. The Labute approximate surface area is 118 Å². The summed E-state index contributed by atoms with van der Waals surface area (Å²) in [4.78, 5) is 0. The normalized spacial score (nSPS) is 17.9. The fraction of sp³-hybridized carbons (Fsp3) is 0.600. The van der Waals surface area contributed by atoms with Gasteiger partial charge < -0.3 is 10.1 Å². The van der Waals surface area contributed by atoms with E-state index in [9.17, 15) is 0 Å². The van der Waals surface area contributed by atoms with Crippen molar-refractivity contribution >= 4 is 15.9 Å². The van der Waals surface area contributed by atoms with Crippen molar-refractivity contribution in [2.24, 2.45) is 5.92 Å². The summed E-state index contributed by atoms with van der Waals surface area (Å²) in [5.74, 6) is 1.74. The Kier molecular flexibility index (Phi) is 5.07. The van der Waals surface area contributed by atoms with Gasteiger partial charge in [-0.25, -0.2) is 0 Å². The Balaban J connectivity index is 2.28. The van der Waals surface area contributed by atoms with Gasteiger partial charge in [-0.3, -0.25) is 0 Å². The Morgan fingerprint density at radius 2 is 2.11 bits per heavy atom. The summed E-state index contributed by atoms with van der Waals surface area (Å²) in [5.41, 5.74) is 1.30. The second kappa shape index (κ2) is 6.58. The Morgan fingerprint density at radius 1 is 1.39 bits per heavy atom. The molecular weight excluding hydrogens is 290 g/mol. The average molecular weight is 312 g/mol. The first-order valence-electron chi connectivity index (χ1n) is 6.83. The van der Waals surface area contributed by atoms with Crippen molar-refractivity contribution < 1.29 is 4.74 Å². The molecule has 1 N–H and O–H groups in total. The third-order valence-electron chi connectivity index (χ3n) is 3.83. The van der Waals surface area contributed by atoms with Gasteiger partial charge in [-0.15, -0.1) is 0 Å². The highest BCUT2D eigenvalue weighted by atomic mass is 79.9. The van der Waals surface area contributed by atoms with Crippen molar-refractivity contribution in [3.63, 3.8) is 0 Å². The highest BCUT2D eigenvalue weighted by Crippen LogP contribution is 2.39. The topological polar surface area (TPSA) is 21.3 Å². The number of hydrogen-bond donors (Lipinski definition) is 1. The molecule has 0 amide bonds. The van der Waals surface area contributed by atoms with Crippen LogP contribution in [0.15, 0.2) is 22.7 Å². The maximum Gasteiger partial charge on any atom is 0.124 e. The van der Waals surface area contributed by atoms with Crippen LogP contribution < -0.4 is 10.1 Å². The summed E-state index contributed by atoms with van der Waals surface area (Å²) in [5, 5.41) is 3.64. The third-order valence-corrected chi connectivity index (χ3v) is 4.32. The van der Waals surface area contributed by atoms with Gasteiger partial charge in [0.1, 0.15) is 5.75 Å². The van der Waals surface area contributed by atoms with Crippen LogP contribution in [0.25, 0.3) is 0 Å². The molecule has 1 aliphatic carbocycles. The van der Waals surface area contributed by atoms with E-state index in [2.05, 4.69) is 46.4 Å². The molecule has 1 fully saturated rings. The minimum absolute atomic E-state index is 0.431. The number of halogens is 1. The molecule has 18 heavy (non-hydrogen) atoms. The molecule has 3 heteroatoms. The molecule has 0 bridgehead atoms. The van der Waals surface area contributed by atoms with Crippen molar-refractivity contribution in [3.05, 3.63) is 28.2 Å². The predicted octanol–water partition coefficient (Wildman–Crippen LogP) is 4.30. The van der Waals surface area contributed by atoms with Crippen molar-refractivity contribution in [1.29, 1.82) is 0 Å². The van der Waals surface area contributed by atoms with Crippen LogP contribution in [-0.2, 0) is 0 Å². The Bertz CT molecular complexity index is 388. The van der Waals surface area contributed by atoms with Gasteiger partial charge in [0.15, 0.2) is 0 Å². The van der Waals surface area contributed by atoms with Crippen molar-refractivity contribution in [3.8, 4) is 5.75 Å². The summed E-state index contributed by atoms with van der Waals surface area (Å²) >= 11 is 3.51. The number of hydrogen-bond acceptors (Lipinski definition) is 2. The molecule has 1 aromatic rings. The largest absolute Gasteiger partial charge is 0.496 e. The zero-order chi connectivity index (χ0) is 13.0. The molecule has 0 spiro atoms. The van der Waals surface area contributed by atoms with Crippen LogP contribution in [0.4, 0.5) is 0 Å². The molecule has 1 aromatic carbocycles. The van der Waals surface area contributed by atoms with Gasteiger partial charge in [-0.2, -0.15) is 0 Å². The lowest BCUT2D eigenvalue weighted by atomic mass is 9.91. The zero-order valence-electron chi connectivity index (χ0n) is 11.2. The number of ether oxygens (including phenoxy) is 1. The van der Waals surface area contributed by atoms with E-state index < -0.39 is 0 Å². The fourth-order valence-corrected chi connectivity index (χ4v) is 3.32. The van der Waals surface area contributed by atoms with Gasteiger partial charge in [0.05, 0.1) is 7.11 Å². The monoisotopic (exact) mass is 311 g/mol. The van der Waals surface area contributed by atoms with Crippen LogP contribution in [0.1, 0.15) is 44.2 Å². The van der Waals surface area contributed by atoms with Gasteiger partial charge in [-0.05, 0) is 37.4 Å². The second-order valence-corrected chi connectivity index (χ2v) is 5.88. The molecule has 1 saturated carbocycles. The van der Waals surface area contributed by atoms with Gasteiger partial charge >= 0.3 is 0 Å². The first-order chi connectivity index (χ1) is 8.76. The SMILES string of the molecule is CCNC(c1ccc(Br)cc1OC)C1CCCC1. The Hall–Kier alpha value is -0.540. The summed E-state index contributed by atoms with van der Waals surface area (Å²) in [7, 11) is 1.75. The number of benzene rings is 1. The summed E-state index contributed by atoms with van der Waals surface area (Å²) in [6.07, 6.45) is 5.39. The second-order valence-electron chi connectivity index (χ2n) is 4.97. The number of nitrogens with one attached hydrogen (secondary N) is 1. The molecule has 0 aliphatic heterocycles.